The van der Waals surface area contributed by atoms with Crippen LogP contribution in [0.2, 0.25) is 0 Å². The fraction of sp³-hybridized carbons (Fsp3) is 0.750. The molecule has 0 bridgehead atoms. The van der Waals surface area contributed by atoms with Crippen molar-refractivity contribution in [2.24, 2.45) is 17.3 Å². The molecular formula is C16H24O3. The van der Waals surface area contributed by atoms with Crippen LogP contribution in [0.4, 0.5) is 0 Å². The van der Waals surface area contributed by atoms with Crippen LogP contribution in [-0.2, 0) is 9.59 Å². The Morgan fingerprint density at radius 1 is 1.53 bits per heavy atom. The molecule has 2 aliphatic rings. The highest BCUT2D eigenvalue weighted by Crippen LogP contribution is 2.44. The van der Waals surface area contributed by atoms with Gasteiger partial charge in [-0.15, -0.1) is 0 Å². The summed E-state index contributed by atoms with van der Waals surface area (Å²) in [6, 6.07) is 0. The topological polar surface area (TPSA) is 54.4 Å². The SMILES string of the molecule is CC1=CCC(C(C)CC2(C(=O)O)CCCC2=O)CC1. The Kier molecular flexibility index (Phi) is 4.12. The van der Waals surface area contributed by atoms with Crippen molar-refractivity contribution in [2.75, 3.05) is 0 Å². The van der Waals surface area contributed by atoms with Crippen molar-refractivity contribution >= 4 is 11.8 Å². The minimum absolute atomic E-state index is 0.0469. The fourth-order valence-electron chi connectivity index (χ4n) is 3.68. The molecule has 0 aliphatic heterocycles. The second-order valence-corrected chi connectivity index (χ2v) is 6.43. The van der Waals surface area contributed by atoms with E-state index in [9.17, 15) is 14.7 Å². The van der Waals surface area contributed by atoms with Crippen LogP contribution in [0.25, 0.3) is 0 Å². The summed E-state index contributed by atoms with van der Waals surface area (Å²) in [5.41, 5.74) is 0.364. The molecule has 1 saturated carbocycles. The minimum atomic E-state index is -1.07. The average molecular weight is 264 g/mol. The Bertz CT molecular complexity index is 410. The molecule has 3 heteroatoms. The van der Waals surface area contributed by atoms with Crippen LogP contribution in [0.1, 0.15) is 58.8 Å². The zero-order chi connectivity index (χ0) is 14.0. The first-order valence-electron chi connectivity index (χ1n) is 7.38. The molecule has 2 rings (SSSR count). The van der Waals surface area contributed by atoms with Crippen molar-refractivity contribution in [2.45, 2.75) is 58.8 Å². The lowest BCUT2D eigenvalue weighted by molar-refractivity contribution is -0.154. The molecule has 1 fully saturated rings. The highest BCUT2D eigenvalue weighted by atomic mass is 16.4. The lowest BCUT2D eigenvalue weighted by Crippen LogP contribution is -2.38. The van der Waals surface area contributed by atoms with Gasteiger partial charge in [0.2, 0.25) is 0 Å². The van der Waals surface area contributed by atoms with Gasteiger partial charge in [-0.2, -0.15) is 0 Å². The Balaban J connectivity index is 2.06. The third-order valence-electron chi connectivity index (χ3n) is 5.10. The van der Waals surface area contributed by atoms with Crippen molar-refractivity contribution in [1.82, 2.24) is 0 Å². The van der Waals surface area contributed by atoms with E-state index in [1.807, 2.05) is 0 Å². The lowest BCUT2D eigenvalue weighted by atomic mass is 9.71. The maximum atomic E-state index is 12.0. The largest absolute Gasteiger partial charge is 0.480 e. The molecule has 0 aromatic rings. The summed E-state index contributed by atoms with van der Waals surface area (Å²) >= 11 is 0. The standard InChI is InChI=1S/C16H24O3/c1-11-5-7-13(8-6-11)12(2)10-16(15(18)19)9-3-4-14(16)17/h5,12-13H,3-4,6-10H2,1-2H3,(H,18,19). The van der Waals surface area contributed by atoms with Crippen LogP contribution < -0.4 is 0 Å². The van der Waals surface area contributed by atoms with Gasteiger partial charge in [-0.1, -0.05) is 18.6 Å². The number of hydrogen-bond acceptors (Lipinski definition) is 2. The molecule has 2 aliphatic carbocycles. The van der Waals surface area contributed by atoms with Gasteiger partial charge in [0.05, 0.1) is 0 Å². The average Bonchev–Trinajstić information content (AvgIpc) is 2.73. The van der Waals surface area contributed by atoms with Crippen molar-refractivity contribution < 1.29 is 14.7 Å². The number of hydrogen-bond donors (Lipinski definition) is 1. The molecule has 106 valence electrons. The van der Waals surface area contributed by atoms with E-state index in [-0.39, 0.29) is 5.78 Å². The summed E-state index contributed by atoms with van der Waals surface area (Å²) < 4.78 is 0. The van der Waals surface area contributed by atoms with Gasteiger partial charge in [-0.25, -0.2) is 0 Å². The van der Waals surface area contributed by atoms with E-state index in [4.69, 9.17) is 0 Å². The quantitative estimate of drug-likeness (QED) is 0.623. The normalized spacial score (nSPS) is 33.1. The van der Waals surface area contributed by atoms with Crippen molar-refractivity contribution in [3.05, 3.63) is 11.6 Å². The molecule has 19 heavy (non-hydrogen) atoms. The van der Waals surface area contributed by atoms with Crippen LogP contribution in [0.5, 0.6) is 0 Å². The first-order chi connectivity index (χ1) is 8.95. The highest BCUT2D eigenvalue weighted by molar-refractivity contribution is 6.04. The molecule has 3 unspecified atom stereocenters. The Morgan fingerprint density at radius 2 is 2.26 bits per heavy atom. The maximum absolute atomic E-state index is 12.0. The first-order valence-corrected chi connectivity index (χ1v) is 7.38. The Labute approximate surface area is 115 Å². The second-order valence-electron chi connectivity index (χ2n) is 6.43. The molecule has 0 spiro atoms. The number of carboxylic acids is 1. The van der Waals surface area contributed by atoms with E-state index in [2.05, 4.69) is 19.9 Å². The smallest absolute Gasteiger partial charge is 0.317 e. The molecule has 0 heterocycles. The third-order valence-corrected chi connectivity index (χ3v) is 5.10. The van der Waals surface area contributed by atoms with Crippen molar-refractivity contribution in [3.63, 3.8) is 0 Å². The number of carbonyl (C=O) groups excluding carboxylic acids is 1. The summed E-state index contributed by atoms with van der Waals surface area (Å²) in [4.78, 5) is 23.6. The lowest BCUT2D eigenvalue weighted by Gasteiger charge is -2.32. The summed E-state index contributed by atoms with van der Waals surface area (Å²) in [7, 11) is 0. The molecule has 0 amide bonds. The number of rotatable bonds is 4. The molecular weight excluding hydrogens is 240 g/mol. The van der Waals surface area contributed by atoms with Crippen molar-refractivity contribution in [3.8, 4) is 0 Å². The van der Waals surface area contributed by atoms with Gasteiger partial charge in [0.15, 0.2) is 0 Å². The summed E-state index contributed by atoms with van der Waals surface area (Å²) in [6.45, 7) is 4.27. The highest BCUT2D eigenvalue weighted by Gasteiger charge is 2.49. The summed E-state index contributed by atoms with van der Waals surface area (Å²) in [6.07, 6.45) is 7.80. The van der Waals surface area contributed by atoms with Gasteiger partial charge < -0.3 is 5.11 Å². The van der Waals surface area contributed by atoms with Crippen LogP contribution in [0.15, 0.2) is 11.6 Å². The minimum Gasteiger partial charge on any atom is -0.480 e. The molecule has 3 atom stereocenters. The number of carboxylic acid groups (broad SMARTS) is 1. The van der Waals surface area contributed by atoms with Gasteiger partial charge in [0, 0.05) is 6.42 Å². The number of carbonyl (C=O) groups is 2. The zero-order valence-electron chi connectivity index (χ0n) is 11.9. The predicted molar refractivity (Wildman–Crippen MR) is 73.8 cm³/mol. The molecule has 0 aromatic carbocycles. The van der Waals surface area contributed by atoms with E-state index >= 15 is 0 Å². The molecule has 3 nitrogen and oxygen atoms in total. The molecule has 0 aromatic heterocycles. The van der Waals surface area contributed by atoms with E-state index < -0.39 is 11.4 Å². The molecule has 0 saturated heterocycles. The van der Waals surface area contributed by atoms with Gasteiger partial charge in [0.1, 0.15) is 11.2 Å². The predicted octanol–water partition coefficient (Wildman–Crippen LogP) is 3.58. The van der Waals surface area contributed by atoms with E-state index in [1.54, 1.807) is 0 Å². The van der Waals surface area contributed by atoms with E-state index in [0.717, 1.165) is 25.7 Å². The third kappa shape index (κ3) is 2.75. The number of allylic oxidation sites excluding steroid dienone is 2. The van der Waals surface area contributed by atoms with Crippen LogP contribution in [0.3, 0.4) is 0 Å². The maximum Gasteiger partial charge on any atom is 0.317 e. The number of ketones is 1. The monoisotopic (exact) mass is 264 g/mol. The fourth-order valence-corrected chi connectivity index (χ4v) is 3.68. The first kappa shape index (κ1) is 14.3. The number of Topliss-reactive ketones (excluding diaryl/α,β-unsaturated/α-hetero) is 1. The van der Waals surface area contributed by atoms with E-state index in [1.165, 1.54) is 5.57 Å². The molecule has 1 N–H and O–H groups in total. The zero-order valence-corrected chi connectivity index (χ0v) is 11.9. The number of aliphatic carboxylic acids is 1. The second kappa shape index (κ2) is 5.48. The van der Waals surface area contributed by atoms with Gasteiger partial charge in [0.25, 0.3) is 0 Å². The van der Waals surface area contributed by atoms with Crippen LogP contribution >= 0.6 is 0 Å². The van der Waals surface area contributed by atoms with Crippen LogP contribution in [-0.4, -0.2) is 16.9 Å². The van der Waals surface area contributed by atoms with Crippen molar-refractivity contribution in [1.29, 1.82) is 0 Å². The summed E-state index contributed by atoms with van der Waals surface area (Å²) in [5, 5.41) is 9.49. The summed E-state index contributed by atoms with van der Waals surface area (Å²) in [5.74, 6) is -0.102. The Morgan fingerprint density at radius 3 is 2.74 bits per heavy atom. The Hall–Kier alpha value is -1.12. The molecule has 0 radical (unpaired) electrons. The van der Waals surface area contributed by atoms with Gasteiger partial charge in [-0.3, -0.25) is 9.59 Å². The van der Waals surface area contributed by atoms with E-state index in [0.29, 0.717) is 31.1 Å². The van der Waals surface area contributed by atoms with Gasteiger partial charge >= 0.3 is 5.97 Å². The van der Waals surface area contributed by atoms with Crippen LogP contribution in [0, 0.1) is 17.3 Å². The van der Waals surface area contributed by atoms with Gasteiger partial charge in [-0.05, 0) is 57.3 Å².